The van der Waals surface area contributed by atoms with Crippen LogP contribution >= 0.6 is 0 Å². The summed E-state index contributed by atoms with van der Waals surface area (Å²) in [5.74, 6) is 1.62. The molecule has 0 unspecified atom stereocenters. The Bertz CT molecular complexity index is 368. The second-order valence-corrected chi connectivity index (χ2v) is 5.61. The van der Waals surface area contributed by atoms with Crippen LogP contribution in [0.1, 0.15) is 50.0 Å². The Morgan fingerprint density at radius 1 is 1.28 bits per heavy atom. The summed E-state index contributed by atoms with van der Waals surface area (Å²) in [6, 6.07) is 2.72. The van der Waals surface area contributed by atoms with Crippen LogP contribution in [0.25, 0.3) is 0 Å². The van der Waals surface area contributed by atoms with Crippen molar-refractivity contribution in [3.05, 3.63) is 17.5 Å². The molecule has 1 aromatic rings. The van der Waals surface area contributed by atoms with E-state index in [0.717, 1.165) is 30.5 Å². The molecule has 4 nitrogen and oxygen atoms in total. The monoisotopic (exact) mass is 250 g/mol. The first-order valence-electron chi connectivity index (χ1n) is 7.16. The molecule has 1 aromatic heterocycles. The van der Waals surface area contributed by atoms with Gasteiger partial charge in [-0.05, 0) is 31.6 Å². The Labute approximate surface area is 108 Å². The number of nitrogens with one attached hydrogen (secondary N) is 1. The quantitative estimate of drug-likeness (QED) is 0.808. The maximum Gasteiger partial charge on any atom is 0.162 e. The second-order valence-electron chi connectivity index (χ2n) is 5.61. The summed E-state index contributed by atoms with van der Waals surface area (Å²) >= 11 is 0. The van der Waals surface area contributed by atoms with Crippen molar-refractivity contribution in [2.45, 2.75) is 57.7 Å². The molecule has 2 aliphatic rings. The van der Waals surface area contributed by atoms with E-state index in [1.807, 2.05) is 6.07 Å². The normalized spacial score (nSPS) is 20.7. The zero-order chi connectivity index (χ0) is 12.2. The summed E-state index contributed by atoms with van der Waals surface area (Å²) in [5, 5.41) is 7.47. The number of rotatable bonds is 7. The Balaban J connectivity index is 1.36. The molecule has 3 rings (SSSR count). The fourth-order valence-electron chi connectivity index (χ4n) is 2.55. The molecule has 1 N–H and O–H groups in total. The smallest absolute Gasteiger partial charge is 0.162 e. The highest BCUT2D eigenvalue weighted by atomic mass is 16.5. The number of hydrogen-bond acceptors (Lipinski definition) is 4. The summed E-state index contributed by atoms with van der Waals surface area (Å²) in [4.78, 5) is 0. The van der Waals surface area contributed by atoms with Crippen molar-refractivity contribution in [2.24, 2.45) is 5.92 Å². The van der Waals surface area contributed by atoms with E-state index in [2.05, 4.69) is 10.5 Å². The molecule has 18 heavy (non-hydrogen) atoms. The zero-order valence-electron chi connectivity index (χ0n) is 10.9. The van der Waals surface area contributed by atoms with Gasteiger partial charge in [-0.15, -0.1) is 0 Å². The zero-order valence-corrected chi connectivity index (χ0v) is 10.9. The molecule has 0 amide bonds. The second kappa shape index (κ2) is 5.85. The third kappa shape index (κ3) is 3.56. The first-order chi connectivity index (χ1) is 8.90. The minimum atomic E-state index is 0.562. The molecule has 0 bridgehead atoms. The first-order valence-corrected chi connectivity index (χ1v) is 7.16. The molecule has 0 spiro atoms. The molecule has 2 fully saturated rings. The molecule has 4 heteroatoms. The minimum Gasteiger partial charge on any atom is -0.373 e. The van der Waals surface area contributed by atoms with E-state index < -0.39 is 0 Å². The largest absolute Gasteiger partial charge is 0.373 e. The van der Waals surface area contributed by atoms with Crippen molar-refractivity contribution in [1.29, 1.82) is 0 Å². The SMILES string of the molecule is c1c(CNC2CC2)noc1COCC1CCCC1. The van der Waals surface area contributed by atoms with Gasteiger partial charge < -0.3 is 14.6 Å². The molecule has 0 saturated heterocycles. The average molecular weight is 250 g/mol. The summed E-state index contributed by atoms with van der Waals surface area (Å²) in [7, 11) is 0. The van der Waals surface area contributed by atoms with Crippen molar-refractivity contribution in [1.82, 2.24) is 10.5 Å². The van der Waals surface area contributed by atoms with Crippen LogP contribution < -0.4 is 5.32 Å². The van der Waals surface area contributed by atoms with Gasteiger partial charge in [0.1, 0.15) is 6.61 Å². The molecule has 2 saturated carbocycles. The first kappa shape index (κ1) is 12.2. The molecular weight excluding hydrogens is 228 g/mol. The van der Waals surface area contributed by atoms with Gasteiger partial charge in [0, 0.05) is 25.3 Å². The highest BCUT2D eigenvalue weighted by molar-refractivity contribution is 5.04. The van der Waals surface area contributed by atoms with E-state index in [0.29, 0.717) is 12.6 Å². The molecule has 0 atom stereocenters. The highest BCUT2D eigenvalue weighted by Crippen LogP contribution is 2.25. The van der Waals surface area contributed by atoms with Gasteiger partial charge in [-0.1, -0.05) is 18.0 Å². The van der Waals surface area contributed by atoms with Gasteiger partial charge in [-0.2, -0.15) is 0 Å². The van der Waals surface area contributed by atoms with Crippen LogP contribution in [0.2, 0.25) is 0 Å². The third-order valence-electron chi connectivity index (χ3n) is 3.83. The van der Waals surface area contributed by atoms with Crippen molar-refractivity contribution in [2.75, 3.05) is 6.61 Å². The molecule has 0 aromatic carbocycles. The van der Waals surface area contributed by atoms with E-state index in [9.17, 15) is 0 Å². The van der Waals surface area contributed by atoms with E-state index in [1.165, 1.54) is 38.5 Å². The van der Waals surface area contributed by atoms with Crippen LogP contribution in [0, 0.1) is 5.92 Å². The van der Waals surface area contributed by atoms with Crippen LogP contribution in [-0.4, -0.2) is 17.8 Å². The van der Waals surface area contributed by atoms with Crippen LogP contribution in [0.5, 0.6) is 0 Å². The van der Waals surface area contributed by atoms with Gasteiger partial charge in [0.15, 0.2) is 5.76 Å². The number of aromatic nitrogens is 1. The van der Waals surface area contributed by atoms with E-state index in [1.54, 1.807) is 0 Å². The lowest BCUT2D eigenvalue weighted by Gasteiger charge is -2.07. The highest BCUT2D eigenvalue weighted by Gasteiger charge is 2.20. The van der Waals surface area contributed by atoms with Crippen LogP contribution in [-0.2, 0) is 17.9 Å². The Kier molecular flexibility index (Phi) is 3.96. The Morgan fingerprint density at radius 2 is 2.11 bits per heavy atom. The lowest BCUT2D eigenvalue weighted by molar-refractivity contribution is 0.0734. The summed E-state index contributed by atoms with van der Waals surface area (Å²) < 4.78 is 11.0. The standard InChI is InChI=1S/C14H22N2O2/c1-2-4-11(3-1)9-17-10-14-7-13(16-18-14)8-15-12-5-6-12/h7,11-12,15H,1-6,8-10H2. The van der Waals surface area contributed by atoms with Gasteiger partial charge >= 0.3 is 0 Å². The molecule has 2 aliphatic carbocycles. The third-order valence-corrected chi connectivity index (χ3v) is 3.83. The predicted octanol–water partition coefficient (Wildman–Crippen LogP) is 2.63. The fraction of sp³-hybridized carbons (Fsp3) is 0.786. The van der Waals surface area contributed by atoms with Crippen molar-refractivity contribution >= 4 is 0 Å². The Hall–Kier alpha value is -0.870. The molecule has 1 heterocycles. The Morgan fingerprint density at radius 3 is 2.89 bits per heavy atom. The van der Waals surface area contributed by atoms with Gasteiger partial charge in [-0.3, -0.25) is 0 Å². The summed E-state index contributed by atoms with van der Waals surface area (Å²) in [6.45, 7) is 2.25. The van der Waals surface area contributed by atoms with Crippen LogP contribution in [0.15, 0.2) is 10.6 Å². The van der Waals surface area contributed by atoms with E-state index in [4.69, 9.17) is 9.26 Å². The number of ether oxygens (including phenoxy) is 1. The molecular formula is C14H22N2O2. The summed E-state index contributed by atoms with van der Waals surface area (Å²) in [5.41, 5.74) is 0.987. The summed E-state index contributed by atoms with van der Waals surface area (Å²) in [6.07, 6.45) is 7.99. The van der Waals surface area contributed by atoms with Gasteiger partial charge in [0.25, 0.3) is 0 Å². The van der Waals surface area contributed by atoms with Gasteiger partial charge in [-0.25, -0.2) is 0 Å². The average Bonchev–Trinajstić information content (AvgIpc) is 2.89. The molecule has 0 aliphatic heterocycles. The van der Waals surface area contributed by atoms with Crippen molar-refractivity contribution in [3.8, 4) is 0 Å². The number of nitrogens with zero attached hydrogens (tertiary/aromatic N) is 1. The van der Waals surface area contributed by atoms with Crippen LogP contribution in [0.3, 0.4) is 0 Å². The molecule has 0 radical (unpaired) electrons. The fourth-order valence-corrected chi connectivity index (χ4v) is 2.55. The maximum absolute atomic E-state index is 5.70. The molecule has 100 valence electrons. The van der Waals surface area contributed by atoms with Crippen molar-refractivity contribution in [3.63, 3.8) is 0 Å². The lowest BCUT2D eigenvalue weighted by Crippen LogP contribution is -2.15. The topological polar surface area (TPSA) is 47.3 Å². The predicted molar refractivity (Wildman–Crippen MR) is 68.0 cm³/mol. The van der Waals surface area contributed by atoms with E-state index >= 15 is 0 Å². The lowest BCUT2D eigenvalue weighted by atomic mass is 10.1. The number of hydrogen-bond donors (Lipinski definition) is 1. The van der Waals surface area contributed by atoms with Gasteiger partial charge in [0.2, 0.25) is 0 Å². The minimum absolute atomic E-state index is 0.562. The maximum atomic E-state index is 5.70. The van der Waals surface area contributed by atoms with Crippen LogP contribution in [0.4, 0.5) is 0 Å². The van der Waals surface area contributed by atoms with Gasteiger partial charge in [0.05, 0.1) is 5.69 Å². The van der Waals surface area contributed by atoms with Crippen molar-refractivity contribution < 1.29 is 9.26 Å². The van der Waals surface area contributed by atoms with E-state index in [-0.39, 0.29) is 0 Å².